The van der Waals surface area contributed by atoms with Gasteiger partial charge in [-0.1, -0.05) is 0 Å². The molecule has 5 nitrogen and oxygen atoms in total. The quantitative estimate of drug-likeness (QED) is 0.796. The Morgan fingerprint density at radius 1 is 1.73 bits per heavy atom. The third-order valence-corrected chi connectivity index (χ3v) is 2.55. The zero-order chi connectivity index (χ0) is 10.8. The Morgan fingerprint density at radius 3 is 3.00 bits per heavy atom. The molecule has 1 aromatic heterocycles. The maximum atomic E-state index is 11.6. The van der Waals surface area contributed by atoms with Gasteiger partial charge in [-0.05, 0) is 12.8 Å². The van der Waals surface area contributed by atoms with Gasteiger partial charge < -0.3 is 14.8 Å². The van der Waals surface area contributed by atoms with Gasteiger partial charge in [-0.15, -0.1) is 0 Å². The van der Waals surface area contributed by atoms with Crippen LogP contribution in [0, 0.1) is 0 Å². The summed E-state index contributed by atoms with van der Waals surface area (Å²) in [5, 5.41) is 2.94. The monoisotopic (exact) mass is 208 g/mol. The Morgan fingerprint density at radius 2 is 2.47 bits per heavy atom. The number of aryl methyl sites for hydroxylation is 1. The van der Waals surface area contributed by atoms with Crippen LogP contribution < -0.4 is 5.32 Å². The number of urea groups is 1. The number of carbonyl (C=O) groups is 1. The zero-order valence-electron chi connectivity index (χ0n) is 9.10. The highest BCUT2D eigenvalue weighted by atomic mass is 16.2. The molecular weight excluding hydrogens is 192 g/mol. The lowest BCUT2D eigenvalue weighted by molar-refractivity contribution is 0.205. The summed E-state index contributed by atoms with van der Waals surface area (Å²) < 4.78 is 1.92. The molecule has 0 atom stereocenters. The predicted octanol–water partition coefficient (Wildman–Crippen LogP) is 0.724. The van der Waals surface area contributed by atoms with Crippen LogP contribution in [0.4, 0.5) is 4.79 Å². The fraction of sp³-hybridized carbons (Fsp3) is 0.600. The van der Waals surface area contributed by atoms with Crippen molar-refractivity contribution in [1.29, 1.82) is 0 Å². The molecule has 2 rings (SSSR count). The van der Waals surface area contributed by atoms with Gasteiger partial charge >= 0.3 is 6.03 Å². The van der Waals surface area contributed by atoms with Crippen molar-refractivity contribution in [2.24, 2.45) is 7.05 Å². The second-order valence-electron chi connectivity index (χ2n) is 4.03. The van der Waals surface area contributed by atoms with Gasteiger partial charge in [-0.25, -0.2) is 9.78 Å². The van der Waals surface area contributed by atoms with E-state index < -0.39 is 0 Å². The highest BCUT2D eigenvalue weighted by molar-refractivity contribution is 5.74. The number of carbonyl (C=O) groups excluding carboxylic acids is 1. The van der Waals surface area contributed by atoms with Crippen LogP contribution in [0.3, 0.4) is 0 Å². The zero-order valence-corrected chi connectivity index (χ0v) is 9.10. The molecule has 2 amide bonds. The SMILES string of the molecule is CN(Cc1nccn1C)C(=O)NC1CC1. The minimum atomic E-state index is -0.0134. The van der Waals surface area contributed by atoms with Gasteiger partial charge in [0.2, 0.25) is 0 Å². The van der Waals surface area contributed by atoms with Crippen LogP contribution in [0.2, 0.25) is 0 Å². The summed E-state index contributed by atoms with van der Waals surface area (Å²) in [6.07, 6.45) is 5.84. The van der Waals surface area contributed by atoms with Crippen LogP contribution in [0.5, 0.6) is 0 Å². The van der Waals surface area contributed by atoms with E-state index in [1.54, 1.807) is 18.1 Å². The van der Waals surface area contributed by atoms with E-state index in [9.17, 15) is 4.79 Å². The molecule has 82 valence electrons. The van der Waals surface area contributed by atoms with Gasteiger partial charge in [0, 0.05) is 32.5 Å². The lowest BCUT2D eigenvalue weighted by Crippen LogP contribution is -2.38. The highest BCUT2D eigenvalue weighted by Crippen LogP contribution is 2.18. The first-order valence-electron chi connectivity index (χ1n) is 5.14. The van der Waals surface area contributed by atoms with Crippen molar-refractivity contribution in [3.05, 3.63) is 18.2 Å². The van der Waals surface area contributed by atoms with Crippen molar-refractivity contribution in [2.45, 2.75) is 25.4 Å². The number of amides is 2. The fourth-order valence-corrected chi connectivity index (χ4v) is 1.35. The number of aromatic nitrogens is 2. The number of nitrogens with one attached hydrogen (secondary N) is 1. The Hall–Kier alpha value is -1.52. The molecule has 1 fully saturated rings. The summed E-state index contributed by atoms with van der Waals surface area (Å²) in [6.45, 7) is 0.544. The molecule has 0 aromatic carbocycles. The molecule has 0 radical (unpaired) electrons. The molecule has 1 aromatic rings. The summed E-state index contributed by atoms with van der Waals surface area (Å²) in [6, 6.07) is 0.391. The third kappa shape index (κ3) is 2.49. The van der Waals surface area contributed by atoms with Gasteiger partial charge in [-0.3, -0.25) is 0 Å². The van der Waals surface area contributed by atoms with E-state index in [1.165, 1.54) is 0 Å². The normalized spacial score (nSPS) is 15.1. The van der Waals surface area contributed by atoms with Crippen molar-refractivity contribution in [2.75, 3.05) is 7.05 Å². The van der Waals surface area contributed by atoms with Gasteiger partial charge in [0.1, 0.15) is 5.82 Å². The first-order chi connectivity index (χ1) is 7.16. The van der Waals surface area contributed by atoms with Crippen LogP contribution in [-0.4, -0.2) is 33.6 Å². The summed E-state index contributed by atoms with van der Waals surface area (Å²) in [7, 11) is 3.71. The molecular formula is C10H16N4O. The van der Waals surface area contributed by atoms with Crippen LogP contribution in [0.25, 0.3) is 0 Å². The van der Waals surface area contributed by atoms with Gasteiger partial charge in [-0.2, -0.15) is 0 Å². The van der Waals surface area contributed by atoms with Gasteiger partial charge in [0.05, 0.1) is 6.54 Å². The smallest absolute Gasteiger partial charge is 0.317 e. The van der Waals surface area contributed by atoms with E-state index in [-0.39, 0.29) is 6.03 Å². The molecule has 15 heavy (non-hydrogen) atoms. The van der Waals surface area contributed by atoms with Crippen molar-refractivity contribution in [3.8, 4) is 0 Å². The summed E-state index contributed by atoms with van der Waals surface area (Å²) >= 11 is 0. The van der Waals surface area contributed by atoms with Gasteiger partial charge in [0.25, 0.3) is 0 Å². The lowest BCUT2D eigenvalue weighted by atomic mass is 10.5. The molecule has 1 N–H and O–H groups in total. The minimum absolute atomic E-state index is 0.0134. The lowest BCUT2D eigenvalue weighted by Gasteiger charge is -2.17. The molecule has 0 aliphatic heterocycles. The average Bonchev–Trinajstić information content (AvgIpc) is 2.92. The maximum absolute atomic E-state index is 11.6. The van der Waals surface area contributed by atoms with Crippen LogP contribution >= 0.6 is 0 Å². The number of hydrogen-bond donors (Lipinski definition) is 1. The van der Waals surface area contributed by atoms with E-state index >= 15 is 0 Å². The van der Waals surface area contributed by atoms with Gasteiger partial charge in [0.15, 0.2) is 0 Å². The second-order valence-corrected chi connectivity index (χ2v) is 4.03. The van der Waals surface area contributed by atoms with Crippen LogP contribution in [0.15, 0.2) is 12.4 Å². The van der Waals surface area contributed by atoms with Crippen molar-refractivity contribution < 1.29 is 4.79 Å². The summed E-state index contributed by atoms with van der Waals surface area (Å²) in [4.78, 5) is 17.4. The number of hydrogen-bond acceptors (Lipinski definition) is 2. The van der Waals surface area contributed by atoms with Crippen molar-refractivity contribution >= 4 is 6.03 Å². The van der Waals surface area contributed by atoms with Crippen molar-refractivity contribution in [3.63, 3.8) is 0 Å². The first-order valence-corrected chi connectivity index (χ1v) is 5.14. The minimum Gasteiger partial charge on any atom is -0.337 e. The Kier molecular flexibility index (Phi) is 2.62. The standard InChI is InChI=1S/C10H16N4O/c1-13-6-5-11-9(13)7-14(2)10(15)12-8-3-4-8/h5-6,8H,3-4,7H2,1-2H3,(H,12,15). The topological polar surface area (TPSA) is 50.2 Å². The molecule has 0 unspecified atom stereocenters. The molecule has 1 heterocycles. The van der Waals surface area contributed by atoms with E-state index in [0.717, 1.165) is 18.7 Å². The second kappa shape index (κ2) is 3.92. The molecule has 1 saturated carbocycles. The van der Waals surface area contributed by atoms with E-state index in [4.69, 9.17) is 0 Å². The molecule has 1 aliphatic rings. The summed E-state index contributed by atoms with van der Waals surface area (Å²) in [5.41, 5.74) is 0. The molecule has 0 bridgehead atoms. The van der Waals surface area contributed by atoms with Crippen LogP contribution in [-0.2, 0) is 13.6 Å². The maximum Gasteiger partial charge on any atom is 0.317 e. The highest BCUT2D eigenvalue weighted by Gasteiger charge is 2.24. The molecule has 1 aliphatic carbocycles. The molecule has 0 saturated heterocycles. The number of nitrogens with zero attached hydrogens (tertiary/aromatic N) is 3. The predicted molar refractivity (Wildman–Crippen MR) is 56.2 cm³/mol. The average molecular weight is 208 g/mol. The Bertz CT molecular complexity index is 356. The summed E-state index contributed by atoms with van der Waals surface area (Å²) in [5.74, 6) is 0.892. The van der Waals surface area contributed by atoms with Crippen LogP contribution in [0.1, 0.15) is 18.7 Å². The Labute approximate surface area is 89.1 Å². The largest absolute Gasteiger partial charge is 0.337 e. The number of imidazole rings is 1. The van der Waals surface area contributed by atoms with E-state index in [1.807, 2.05) is 17.8 Å². The van der Waals surface area contributed by atoms with Crippen molar-refractivity contribution in [1.82, 2.24) is 19.8 Å². The third-order valence-electron chi connectivity index (χ3n) is 2.55. The first kappa shape index (κ1) is 10.0. The molecule has 5 heteroatoms. The van der Waals surface area contributed by atoms with E-state index in [2.05, 4.69) is 10.3 Å². The van der Waals surface area contributed by atoms with E-state index in [0.29, 0.717) is 12.6 Å². The fourth-order valence-electron chi connectivity index (χ4n) is 1.35. The molecule has 0 spiro atoms. The Balaban J connectivity index is 1.87. The number of rotatable bonds is 3.